The zero-order valence-corrected chi connectivity index (χ0v) is 11.1. The third kappa shape index (κ3) is 2.02. The van der Waals surface area contributed by atoms with E-state index in [0.29, 0.717) is 4.96 Å². The Hall–Kier alpha value is -2.14. The summed E-state index contributed by atoms with van der Waals surface area (Å²) in [5.74, 6) is -0.934. The van der Waals surface area contributed by atoms with Crippen molar-refractivity contribution in [2.24, 2.45) is 0 Å². The van der Waals surface area contributed by atoms with Crippen molar-refractivity contribution >= 4 is 22.3 Å². The lowest BCUT2D eigenvalue weighted by Gasteiger charge is -1.98. The first-order chi connectivity index (χ1) is 9.19. The van der Waals surface area contributed by atoms with Gasteiger partial charge in [-0.3, -0.25) is 4.40 Å². The van der Waals surface area contributed by atoms with Gasteiger partial charge in [-0.15, -0.1) is 11.3 Å². The zero-order valence-electron chi connectivity index (χ0n) is 10.3. The molecule has 0 amide bonds. The van der Waals surface area contributed by atoms with Crippen LogP contribution in [0.5, 0.6) is 0 Å². The first-order valence-corrected chi connectivity index (χ1v) is 6.86. The van der Waals surface area contributed by atoms with Crippen molar-refractivity contribution < 1.29 is 9.90 Å². The summed E-state index contributed by atoms with van der Waals surface area (Å²) in [6.07, 6.45) is 2.78. The van der Waals surface area contributed by atoms with Crippen molar-refractivity contribution in [2.45, 2.75) is 13.3 Å². The van der Waals surface area contributed by atoms with Crippen LogP contribution in [0.1, 0.15) is 23.0 Å². The molecule has 0 aliphatic heterocycles. The van der Waals surface area contributed by atoms with E-state index in [2.05, 4.69) is 24.0 Å². The van der Waals surface area contributed by atoms with E-state index in [1.807, 2.05) is 12.1 Å². The lowest BCUT2D eigenvalue weighted by molar-refractivity contribution is 0.0689. The van der Waals surface area contributed by atoms with Crippen LogP contribution in [0.3, 0.4) is 0 Å². The lowest BCUT2D eigenvalue weighted by Crippen LogP contribution is -1.99. The molecule has 0 fully saturated rings. The van der Waals surface area contributed by atoms with E-state index in [9.17, 15) is 4.79 Å². The molecular weight excluding hydrogens is 260 g/mol. The number of aromatic carboxylic acids is 1. The Bertz CT molecular complexity index is 740. The van der Waals surface area contributed by atoms with Gasteiger partial charge in [0.15, 0.2) is 4.96 Å². The Morgan fingerprint density at radius 1 is 1.37 bits per heavy atom. The molecule has 5 heteroatoms. The molecule has 4 nitrogen and oxygen atoms in total. The van der Waals surface area contributed by atoms with Gasteiger partial charge in [-0.1, -0.05) is 31.2 Å². The Balaban J connectivity index is 2.07. The number of benzene rings is 1. The highest BCUT2D eigenvalue weighted by atomic mass is 32.1. The normalized spacial score (nSPS) is 11.0. The number of hydrogen-bond acceptors (Lipinski definition) is 3. The molecule has 0 radical (unpaired) electrons. The SMILES string of the molecule is CCc1ccc(-c2cn3c(C(=O)O)csc3n2)cc1. The number of carboxylic acid groups (broad SMARTS) is 1. The van der Waals surface area contributed by atoms with Crippen molar-refractivity contribution in [1.82, 2.24) is 9.38 Å². The summed E-state index contributed by atoms with van der Waals surface area (Å²) in [6, 6.07) is 8.18. The molecule has 1 aromatic carbocycles. The number of thiazole rings is 1. The smallest absolute Gasteiger partial charge is 0.353 e. The van der Waals surface area contributed by atoms with E-state index >= 15 is 0 Å². The monoisotopic (exact) mass is 272 g/mol. The van der Waals surface area contributed by atoms with Crippen molar-refractivity contribution in [3.8, 4) is 11.3 Å². The quantitative estimate of drug-likeness (QED) is 0.795. The first kappa shape index (κ1) is 11.9. The van der Waals surface area contributed by atoms with Gasteiger partial charge >= 0.3 is 5.97 Å². The molecule has 2 heterocycles. The van der Waals surface area contributed by atoms with Crippen LogP contribution in [-0.2, 0) is 6.42 Å². The molecule has 2 aromatic heterocycles. The van der Waals surface area contributed by atoms with Crippen LogP contribution in [0.4, 0.5) is 0 Å². The molecule has 19 heavy (non-hydrogen) atoms. The molecular formula is C14H12N2O2S. The number of rotatable bonds is 3. The van der Waals surface area contributed by atoms with E-state index in [4.69, 9.17) is 5.11 Å². The number of carboxylic acids is 1. The summed E-state index contributed by atoms with van der Waals surface area (Å²) in [4.78, 5) is 16.2. The third-order valence-electron chi connectivity index (χ3n) is 3.09. The topological polar surface area (TPSA) is 54.6 Å². The second-order valence-corrected chi connectivity index (χ2v) is 5.09. The van der Waals surface area contributed by atoms with Gasteiger partial charge in [-0.2, -0.15) is 0 Å². The number of aryl methyl sites for hydroxylation is 1. The summed E-state index contributed by atoms with van der Waals surface area (Å²) in [5, 5.41) is 10.7. The molecule has 0 aliphatic rings. The van der Waals surface area contributed by atoms with Gasteiger partial charge in [0.25, 0.3) is 0 Å². The molecule has 0 saturated carbocycles. The van der Waals surface area contributed by atoms with Crippen LogP contribution >= 0.6 is 11.3 Å². The van der Waals surface area contributed by atoms with Gasteiger partial charge in [0.2, 0.25) is 0 Å². The maximum Gasteiger partial charge on any atom is 0.353 e. The number of carbonyl (C=O) groups is 1. The molecule has 3 rings (SSSR count). The fourth-order valence-electron chi connectivity index (χ4n) is 1.99. The predicted octanol–water partition coefficient (Wildman–Crippen LogP) is 3.32. The minimum absolute atomic E-state index is 0.254. The second-order valence-electron chi connectivity index (χ2n) is 4.26. The van der Waals surface area contributed by atoms with Crippen LogP contribution in [0.15, 0.2) is 35.8 Å². The minimum atomic E-state index is -0.934. The average Bonchev–Trinajstić information content (AvgIpc) is 2.98. The summed E-state index contributed by atoms with van der Waals surface area (Å²) < 4.78 is 1.62. The van der Waals surface area contributed by atoms with Crippen molar-refractivity contribution in [3.63, 3.8) is 0 Å². The summed E-state index contributed by atoms with van der Waals surface area (Å²) in [6.45, 7) is 2.11. The largest absolute Gasteiger partial charge is 0.477 e. The number of nitrogens with zero attached hydrogens (tertiary/aromatic N) is 2. The first-order valence-electron chi connectivity index (χ1n) is 5.98. The zero-order chi connectivity index (χ0) is 13.4. The fourth-order valence-corrected chi connectivity index (χ4v) is 2.84. The maximum atomic E-state index is 11.1. The van der Waals surface area contributed by atoms with E-state index in [-0.39, 0.29) is 5.69 Å². The number of fused-ring (bicyclic) bond motifs is 1. The highest BCUT2D eigenvalue weighted by molar-refractivity contribution is 7.15. The molecule has 0 saturated heterocycles. The summed E-state index contributed by atoms with van der Waals surface area (Å²) in [7, 11) is 0. The van der Waals surface area contributed by atoms with Crippen LogP contribution in [0.2, 0.25) is 0 Å². The Morgan fingerprint density at radius 3 is 2.74 bits per heavy atom. The average molecular weight is 272 g/mol. The highest BCUT2D eigenvalue weighted by Crippen LogP contribution is 2.24. The Morgan fingerprint density at radius 2 is 2.11 bits per heavy atom. The second kappa shape index (κ2) is 4.51. The molecule has 0 atom stereocenters. The van der Waals surface area contributed by atoms with Gasteiger partial charge in [0, 0.05) is 17.1 Å². The van der Waals surface area contributed by atoms with Crippen LogP contribution in [-0.4, -0.2) is 20.5 Å². The van der Waals surface area contributed by atoms with Gasteiger partial charge in [0.05, 0.1) is 5.69 Å². The Kier molecular flexibility index (Phi) is 2.83. The summed E-state index contributed by atoms with van der Waals surface area (Å²) in [5.41, 5.74) is 3.33. The van der Waals surface area contributed by atoms with Crippen LogP contribution in [0.25, 0.3) is 16.2 Å². The van der Waals surface area contributed by atoms with Crippen molar-refractivity contribution in [2.75, 3.05) is 0 Å². The van der Waals surface area contributed by atoms with Crippen LogP contribution < -0.4 is 0 Å². The molecule has 0 unspecified atom stereocenters. The number of hydrogen-bond donors (Lipinski definition) is 1. The molecule has 0 spiro atoms. The van der Waals surface area contributed by atoms with Gasteiger partial charge < -0.3 is 5.11 Å². The summed E-state index contributed by atoms with van der Waals surface area (Å²) >= 11 is 1.34. The van der Waals surface area contributed by atoms with Crippen molar-refractivity contribution in [3.05, 3.63) is 47.1 Å². The molecule has 0 bridgehead atoms. The predicted molar refractivity (Wildman–Crippen MR) is 74.8 cm³/mol. The van der Waals surface area contributed by atoms with Gasteiger partial charge in [0.1, 0.15) is 5.69 Å². The van der Waals surface area contributed by atoms with E-state index in [1.165, 1.54) is 16.9 Å². The van der Waals surface area contributed by atoms with E-state index < -0.39 is 5.97 Å². The van der Waals surface area contributed by atoms with Crippen molar-refractivity contribution in [1.29, 1.82) is 0 Å². The third-order valence-corrected chi connectivity index (χ3v) is 3.93. The van der Waals surface area contributed by atoms with E-state index in [0.717, 1.165) is 17.7 Å². The molecule has 3 aromatic rings. The lowest BCUT2D eigenvalue weighted by atomic mass is 10.1. The fraction of sp³-hybridized carbons (Fsp3) is 0.143. The number of imidazole rings is 1. The molecule has 1 N–H and O–H groups in total. The van der Waals surface area contributed by atoms with E-state index in [1.54, 1.807) is 16.0 Å². The highest BCUT2D eigenvalue weighted by Gasteiger charge is 2.13. The number of aromatic nitrogens is 2. The minimum Gasteiger partial charge on any atom is -0.477 e. The van der Waals surface area contributed by atoms with Crippen LogP contribution in [0, 0.1) is 0 Å². The molecule has 0 aliphatic carbocycles. The maximum absolute atomic E-state index is 11.1. The van der Waals surface area contributed by atoms with Gasteiger partial charge in [-0.05, 0) is 12.0 Å². The molecule has 96 valence electrons. The van der Waals surface area contributed by atoms with Gasteiger partial charge in [-0.25, -0.2) is 9.78 Å². The standard InChI is InChI=1S/C14H12N2O2S/c1-2-9-3-5-10(6-4-9)11-7-16-12(13(17)18)8-19-14(16)15-11/h3-8H,2H2,1H3,(H,17,18). The Labute approximate surface area is 114 Å².